The van der Waals surface area contributed by atoms with Crippen LogP contribution in [0, 0.1) is 5.92 Å². The second-order valence-corrected chi connectivity index (χ2v) is 27.6. The molecule has 2 unspecified atom stereocenters. The maximum atomic E-state index is 2.67. The molecule has 7 rings (SSSR count). The van der Waals surface area contributed by atoms with Gasteiger partial charge in [-0.05, 0) is 0 Å². The third kappa shape index (κ3) is 4.42. The summed E-state index contributed by atoms with van der Waals surface area (Å²) in [6, 6.07) is 33.0. The smallest absolute Gasteiger partial charge is 1.00 e. The van der Waals surface area contributed by atoms with Gasteiger partial charge in [-0.25, -0.2) is 0 Å². The van der Waals surface area contributed by atoms with Crippen molar-refractivity contribution in [3.8, 4) is 22.3 Å². The number of allylic oxidation sites excluding steroid dienone is 1. The Labute approximate surface area is 255 Å². The molecule has 0 radical (unpaired) electrons. The average Bonchev–Trinajstić information content (AvgIpc) is 3.37. The van der Waals surface area contributed by atoms with Crippen LogP contribution in [0.2, 0.25) is 0 Å². The van der Waals surface area contributed by atoms with E-state index in [0.717, 1.165) is 0 Å². The van der Waals surface area contributed by atoms with E-state index in [1.165, 1.54) is 28.7 Å². The van der Waals surface area contributed by atoms with Gasteiger partial charge in [-0.1, -0.05) is 0 Å². The van der Waals surface area contributed by atoms with E-state index in [-0.39, 0.29) is 30.2 Å². The fourth-order valence-electron chi connectivity index (χ4n) is 7.30. The molecule has 1 aliphatic carbocycles. The van der Waals surface area contributed by atoms with E-state index in [1.54, 1.807) is 27.5 Å². The summed E-state index contributed by atoms with van der Waals surface area (Å²) in [6.45, 7) is 11.9. The van der Waals surface area contributed by atoms with Crippen molar-refractivity contribution in [2.45, 2.75) is 50.1 Å². The minimum Gasteiger partial charge on any atom is -1.00 e. The summed E-state index contributed by atoms with van der Waals surface area (Å²) in [5.74, 6) is -0.394. The first-order valence-electron chi connectivity index (χ1n) is 13.9. The zero-order chi connectivity index (χ0) is 25.5. The van der Waals surface area contributed by atoms with Crippen molar-refractivity contribution < 1.29 is 45.7 Å². The maximum absolute atomic E-state index is 2.67. The van der Waals surface area contributed by atoms with Crippen molar-refractivity contribution in [2.75, 3.05) is 0 Å². The van der Waals surface area contributed by atoms with Gasteiger partial charge in [-0.15, -0.1) is 0 Å². The van der Waals surface area contributed by atoms with Crippen molar-refractivity contribution in [1.29, 1.82) is 0 Å². The van der Waals surface area contributed by atoms with Crippen molar-refractivity contribution in [1.82, 2.24) is 0 Å². The zero-order valence-electron chi connectivity index (χ0n) is 23.4. The molecule has 2 heterocycles. The predicted octanol–water partition coefficient (Wildman–Crippen LogP) is 0.919. The monoisotopic (exact) mass is 643 g/mol. The molecule has 3 aliphatic rings. The van der Waals surface area contributed by atoms with Gasteiger partial charge in [0, 0.05) is 0 Å². The fraction of sp³-hybridized carbons (Fsp3) is 0.257. The Hall–Kier alpha value is -1.70. The van der Waals surface area contributed by atoms with Crippen LogP contribution in [0.25, 0.3) is 28.3 Å². The Morgan fingerprint density at radius 2 is 1.49 bits per heavy atom. The third-order valence-corrected chi connectivity index (χ3v) is 31.0. The molecule has 2 aliphatic heterocycles. The van der Waals surface area contributed by atoms with Gasteiger partial charge in [0.1, 0.15) is 0 Å². The molecule has 0 spiro atoms. The van der Waals surface area contributed by atoms with Crippen LogP contribution < -0.4 is 38.5 Å². The van der Waals surface area contributed by atoms with Crippen molar-refractivity contribution >= 4 is 25.6 Å². The summed E-state index contributed by atoms with van der Waals surface area (Å²) in [5.41, 5.74) is 12.5. The summed E-state index contributed by atoms with van der Waals surface area (Å²) in [5, 5.41) is 3.59. The summed E-state index contributed by atoms with van der Waals surface area (Å²) in [6.07, 6.45) is 3.89. The van der Waals surface area contributed by atoms with Gasteiger partial charge in [-0.3, -0.25) is 0 Å². The van der Waals surface area contributed by atoms with Gasteiger partial charge in [0.2, 0.25) is 0 Å². The topological polar surface area (TPSA) is 0 Å². The molecule has 39 heavy (non-hydrogen) atoms. The second-order valence-electron chi connectivity index (χ2n) is 12.6. The van der Waals surface area contributed by atoms with Gasteiger partial charge in [-0.2, -0.15) is 0 Å². The van der Waals surface area contributed by atoms with Crippen molar-refractivity contribution in [3.63, 3.8) is 0 Å². The van der Waals surface area contributed by atoms with Crippen molar-refractivity contribution in [3.05, 3.63) is 107 Å². The number of hydrogen-bond acceptors (Lipinski definition) is 0. The normalized spacial score (nSPS) is 17.9. The first kappa shape index (κ1) is 28.8. The van der Waals surface area contributed by atoms with Crippen LogP contribution in [-0.4, -0.2) is 5.92 Å². The van der Waals surface area contributed by atoms with E-state index >= 15 is 0 Å². The van der Waals surface area contributed by atoms with Gasteiger partial charge < -0.3 is 24.8 Å². The number of benzene rings is 4. The van der Waals surface area contributed by atoms with Gasteiger partial charge in [0.05, 0.1) is 0 Å². The Bertz CT molecular complexity index is 1580. The molecule has 4 heteroatoms. The first-order valence-corrected chi connectivity index (χ1v) is 22.5. The van der Waals surface area contributed by atoms with E-state index in [1.807, 2.05) is 8.46 Å². The maximum Gasteiger partial charge on any atom is -1.00 e. The Morgan fingerprint density at radius 1 is 0.795 bits per heavy atom. The van der Waals surface area contributed by atoms with Crippen LogP contribution >= 0.6 is 0 Å². The Balaban J connectivity index is 0.00000154. The van der Waals surface area contributed by atoms with E-state index in [0.29, 0.717) is 9.54 Å². The zero-order valence-corrected chi connectivity index (χ0v) is 28.5. The molecule has 2 atom stereocenters. The van der Waals surface area contributed by atoms with E-state index < -0.39 is 26.8 Å². The Kier molecular flexibility index (Phi) is 7.84. The minimum absolute atomic E-state index is 0. The molecule has 4 aromatic rings. The molecule has 4 aromatic carbocycles. The summed E-state index contributed by atoms with van der Waals surface area (Å²) < 4.78 is 2.53. The molecular weight excluding hydrogens is 611 g/mol. The third-order valence-electron chi connectivity index (χ3n) is 8.69. The van der Waals surface area contributed by atoms with Gasteiger partial charge in [0.15, 0.2) is 0 Å². The van der Waals surface area contributed by atoms with Crippen LogP contribution in [-0.2, 0) is 26.3 Å². The van der Waals surface area contributed by atoms with Crippen LogP contribution in [0.5, 0.6) is 0 Å². The van der Waals surface area contributed by atoms with Crippen LogP contribution in [0.4, 0.5) is 0 Å². The van der Waals surface area contributed by atoms with E-state index in [2.05, 4.69) is 126 Å². The first-order chi connectivity index (χ1) is 17.8. The van der Waals surface area contributed by atoms with E-state index in [4.69, 9.17) is 0 Å². The fourth-order valence-corrected chi connectivity index (χ4v) is 33.4. The quantitative estimate of drug-likeness (QED) is 0.290. The molecule has 0 fully saturated rings. The molecule has 0 aromatic heterocycles. The van der Waals surface area contributed by atoms with E-state index in [9.17, 15) is 0 Å². The molecule has 0 amide bonds. The number of halogens is 2. The second kappa shape index (κ2) is 10.6. The molecule has 0 saturated heterocycles. The molecule has 197 valence electrons. The largest absolute Gasteiger partial charge is 1.00 e. The standard InChI is InChI=1S/C23H27.C12H8Si.2ClH.Zr/c1-16(2)13-17-14-19-11-12-21(23(3,4)5)22(20(19)15-17)18-9-7-6-8-10-18;1-3-7-11-9(5-1)10-6-2-4-8-12(10)13-11;;;/h6-12,14-16H,13H2,1-5H3;1-7,13H;2*1H;/q;;;;+2/p-2. The molecule has 0 nitrogen and oxygen atoms in total. The predicted molar refractivity (Wildman–Crippen MR) is 159 cm³/mol. The number of fused-ring (bicyclic) bond motifs is 4. The Morgan fingerprint density at radius 3 is 2.21 bits per heavy atom. The average molecular weight is 646 g/mol. The molecular formula is C35H35Cl2SiZr. The molecule has 0 saturated carbocycles. The molecule has 0 N–H and O–H groups in total. The SMILES string of the molecule is CC(C)CC1=Cc2c(ccc(C(C)(C)C)c2-c2ccccc2)[CH]1[Zr+2]1[c]2cccc3c2[SiH]1c1ccccc1-3.[Cl-].[Cl-]. The summed E-state index contributed by atoms with van der Waals surface area (Å²) in [7, 11) is 0. The van der Waals surface area contributed by atoms with Gasteiger partial charge in [0.25, 0.3) is 0 Å². The minimum atomic E-state index is -1.98. The number of hydrogen-bond donors (Lipinski definition) is 0. The summed E-state index contributed by atoms with van der Waals surface area (Å²) >= 11 is -1.98. The van der Waals surface area contributed by atoms with Crippen LogP contribution in [0.15, 0.2) is 90.5 Å². The number of rotatable bonds is 4. The van der Waals surface area contributed by atoms with Crippen LogP contribution in [0.3, 0.4) is 0 Å². The van der Waals surface area contributed by atoms with Gasteiger partial charge >= 0.3 is 232 Å². The van der Waals surface area contributed by atoms with Crippen LogP contribution in [0.1, 0.15) is 61.4 Å². The molecule has 0 bridgehead atoms. The van der Waals surface area contributed by atoms with Crippen molar-refractivity contribution in [2.24, 2.45) is 5.92 Å². The summed E-state index contributed by atoms with van der Waals surface area (Å²) in [4.78, 5) is 0.